The summed E-state index contributed by atoms with van der Waals surface area (Å²) in [5, 5.41) is 0. The summed E-state index contributed by atoms with van der Waals surface area (Å²) in [6.07, 6.45) is 1.41. The second kappa shape index (κ2) is 4.62. The average Bonchev–Trinajstić information content (AvgIpc) is 2.65. The number of benzene rings is 1. The van der Waals surface area contributed by atoms with Crippen LogP contribution in [0.2, 0.25) is 0 Å². The van der Waals surface area contributed by atoms with Gasteiger partial charge in [-0.2, -0.15) is 0 Å². The lowest BCUT2D eigenvalue weighted by molar-refractivity contribution is 0.120. The van der Waals surface area contributed by atoms with Gasteiger partial charge in [0.05, 0.1) is 12.7 Å². The lowest BCUT2D eigenvalue weighted by Gasteiger charge is -2.16. The zero-order valence-corrected chi connectivity index (χ0v) is 10.2. The van der Waals surface area contributed by atoms with E-state index in [0.29, 0.717) is 12.0 Å². The molecule has 0 aromatic heterocycles. The van der Waals surface area contributed by atoms with Gasteiger partial charge in [-0.15, -0.1) is 0 Å². The van der Waals surface area contributed by atoms with Gasteiger partial charge in [0.15, 0.2) is 0 Å². The lowest BCUT2D eigenvalue weighted by atomic mass is 9.97. The summed E-state index contributed by atoms with van der Waals surface area (Å²) in [6.45, 7) is 2.87. The van der Waals surface area contributed by atoms with Gasteiger partial charge >= 0.3 is 0 Å². The minimum absolute atomic E-state index is 0.186. The van der Waals surface area contributed by atoms with Crippen molar-refractivity contribution in [2.45, 2.75) is 24.3 Å². The van der Waals surface area contributed by atoms with E-state index in [4.69, 9.17) is 4.74 Å². The van der Waals surface area contributed by atoms with Gasteiger partial charge in [-0.3, -0.25) is 0 Å². The van der Waals surface area contributed by atoms with Crippen LogP contribution in [0.25, 0.3) is 0 Å². The number of rotatable bonds is 2. The third kappa shape index (κ3) is 2.58. The van der Waals surface area contributed by atoms with Crippen LogP contribution in [0.3, 0.4) is 0 Å². The van der Waals surface area contributed by atoms with Crippen LogP contribution in [0.4, 0.5) is 4.39 Å². The Balaban J connectivity index is 2.07. The second-order valence-electron chi connectivity index (χ2n) is 4.09. The fraction of sp³-hybridized carbons (Fsp3) is 0.500. The van der Waals surface area contributed by atoms with Crippen molar-refractivity contribution in [1.82, 2.24) is 0 Å². The Morgan fingerprint density at radius 1 is 1.40 bits per heavy atom. The maximum Gasteiger partial charge on any atom is 0.123 e. The van der Waals surface area contributed by atoms with Gasteiger partial charge in [-0.25, -0.2) is 4.39 Å². The van der Waals surface area contributed by atoms with E-state index in [1.54, 1.807) is 0 Å². The van der Waals surface area contributed by atoms with Gasteiger partial charge in [0.1, 0.15) is 5.82 Å². The van der Waals surface area contributed by atoms with Gasteiger partial charge in [0.2, 0.25) is 0 Å². The third-order valence-corrected chi connectivity index (χ3v) is 4.11. The van der Waals surface area contributed by atoms with E-state index in [2.05, 4.69) is 22.9 Å². The zero-order valence-electron chi connectivity index (χ0n) is 8.62. The predicted molar refractivity (Wildman–Crippen MR) is 61.6 cm³/mol. The molecule has 0 amide bonds. The number of alkyl halides is 1. The van der Waals surface area contributed by atoms with E-state index in [1.807, 2.05) is 12.1 Å². The molecule has 0 spiro atoms. The molecule has 1 heterocycles. The largest absolute Gasteiger partial charge is 0.378 e. The van der Waals surface area contributed by atoms with Crippen LogP contribution in [-0.2, 0) is 4.74 Å². The average molecular weight is 273 g/mol. The highest BCUT2D eigenvalue weighted by atomic mass is 79.9. The Bertz CT molecular complexity index is 325. The molecule has 1 nitrogen and oxygen atoms in total. The quantitative estimate of drug-likeness (QED) is 0.747. The second-order valence-corrected chi connectivity index (χ2v) is 5.08. The van der Waals surface area contributed by atoms with Crippen molar-refractivity contribution in [2.24, 2.45) is 5.92 Å². The Labute approximate surface area is 97.8 Å². The van der Waals surface area contributed by atoms with E-state index in [1.165, 1.54) is 12.1 Å². The zero-order chi connectivity index (χ0) is 10.8. The molecule has 82 valence electrons. The van der Waals surface area contributed by atoms with Gasteiger partial charge in [-0.1, -0.05) is 28.1 Å². The van der Waals surface area contributed by atoms with E-state index >= 15 is 0 Å². The Hall–Kier alpha value is -0.410. The molecule has 0 bridgehead atoms. The van der Waals surface area contributed by atoms with Gasteiger partial charge in [0, 0.05) is 10.7 Å². The summed E-state index contributed by atoms with van der Waals surface area (Å²) in [4.78, 5) is 0.267. The predicted octanol–water partition coefficient (Wildman–Crippen LogP) is 3.69. The van der Waals surface area contributed by atoms with Crippen LogP contribution < -0.4 is 0 Å². The molecule has 1 saturated heterocycles. The third-order valence-electron chi connectivity index (χ3n) is 2.83. The van der Waals surface area contributed by atoms with Crippen LogP contribution >= 0.6 is 15.9 Å². The van der Waals surface area contributed by atoms with E-state index in [0.717, 1.165) is 18.6 Å². The Morgan fingerprint density at radius 2 is 2.07 bits per heavy atom. The first kappa shape index (κ1) is 11.1. The summed E-state index contributed by atoms with van der Waals surface area (Å²) >= 11 is 3.66. The summed E-state index contributed by atoms with van der Waals surface area (Å²) in [7, 11) is 0. The van der Waals surface area contributed by atoms with Gasteiger partial charge in [-0.05, 0) is 31.0 Å². The monoisotopic (exact) mass is 272 g/mol. The highest BCUT2D eigenvalue weighted by molar-refractivity contribution is 9.09. The summed E-state index contributed by atoms with van der Waals surface area (Å²) in [5.74, 6) is 0.306. The SMILES string of the molecule is CC1CC(C(Br)c2ccc(F)cc2)CO1. The summed E-state index contributed by atoms with van der Waals surface area (Å²) in [6, 6.07) is 6.67. The van der Waals surface area contributed by atoms with Crippen molar-refractivity contribution in [3.63, 3.8) is 0 Å². The first-order valence-corrected chi connectivity index (χ1v) is 6.09. The van der Waals surface area contributed by atoms with Gasteiger partial charge in [0.25, 0.3) is 0 Å². The lowest BCUT2D eigenvalue weighted by Crippen LogP contribution is -2.07. The van der Waals surface area contributed by atoms with Crippen LogP contribution in [0.15, 0.2) is 24.3 Å². The molecular formula is C12H14BrFO. The van der Waals surface area contributed by atoms with E-state index < -0.39 is 0 Å². The maximum absolute atomic E-state index is 12.7. The molecule has 0 N–H and O–H groups in total. The van der Waals surface area contributed by atoms with Crippen molar-refractivity contribution in [1.29, 1.82) is 0 Å². The van der Waals surface area contributed by atoms with Crippen molar-refractivity contribution in [2.75, 3.05) is 6.61 Å². The normalized spacial score (nSPS) is 27.9. The standard InChI is InChI=1S/C12H14BrFO/c1-8-6-10(7-15-8)12(13)9-2-4-11(14)5-3-9/h2-5,8,10,12H,6-7H2,1H3. The summed E-state index contributed by atoms with van der Waals surface area (Å²) < 4.78 is 18.3. The van der Waals surface area contributed by atoms with Crippen molar-refractivity contribution >= 4 is 15.9 Å². The highest BCUT2D eigenvalue weighted by Crippen LogP contribution is 2.37. The maximum atomic E-state index is 12.7. The van der Waals surface area contributed by atoms with Gasteiger partial charge < -0.3 is 4.74 Å². The van der Waals surface area contributed by atoms with Crippen molar-refractivity contribution < 1.29 is 9.13 Å². The molecule has 3 atom stereocenters. The number of hydrogen-bond acceptors (Lipinski definition) is 1. The molecule has 3 heteroatoms. The summed E-state index contributed by atoms with van der Waals surface area (Å²) in [5.41, 5.74) is 1.12. The highest BCUT2D eigenvalue weighted by Gasteiger charge is 2.28. The molecule has 1 aromatic carbocycles. The van der Waals surface area contributed by atoms with Crippen LogP contribution in [-0.4, -0.2) is 12.7 Å². The molecule has 3 unspecified atom stereocenters. The fourth-order valence-corrected chi connectivity index (χ4v) is 2.65. The Kier molecular flexibility index (Phi) is 3.42. The van der Waals surface area contributed by atoms with E-state index in [9.17, 15) is 4.39 Å². The van der Waals surface area contributed by atoms with Crippen LogP contribution in [0, 0.1) is 11.7 Å². The number of hydrogen-bond donors (Lipinski definition) is 0. The van der Waals surface area contributed by atoms with E-state index in [-0.39, 0.29) is 10.6 Å². The number of ether oxygens (including phenoxy) is 1. The topological polar surface area (TPSA) is 9.23 Å². The molecule has 0 saturated carbocycles. The molecule has 1 aromatic rings. The van der Waals surface area contributed by atoms with Crippen LogP contribution in [0.5, 0.6) is 0 Å². The minimum atomic E-state index is -0.186. The molecular weight excluding hydrogens is 259 g/mol. The molecule has 2 rings (SSSR count). The minimum Gasteiger partial charge on any atom is -0.378 e. The molecule has 0 aliphatic carbocycles. The van der Waals surface area contributed by atoms with Crippen molar-refractivity contribution in [3.05, 3.63) is 35.6 Å². The molecule has 1 fully saturated rings. The molecule has 1 aliphatic heterocycles. The first-order valence-electron chi connectivity index (χ1n) is 5.18. The smallest absolute Gasteiger partial charge is 0.123 e. The molecule has 0 radical (unpaired) electrons. The Morgan fingerprint density at radius 3 is 2.60 bits per heavy atom. The van der Waals surface area contributed by atoms with Crippen LogP contribution in [0.1, 0.15) is 23.7 Å². The number of halogens is 2. The van der Waals surface area contributed by atoms with Crippen molar-refractivity contribution in [3.8, 4) is 0 Å². The fourth-order valence-electron chi connectivity index (χ4n) is 1.97. The molecule has 1 aliphatic rings. The molecule has 15 heavy (non-hydrogen) atoms. The first-order chi connectivity index (χ1) is 7.16.